The van der Waals surface area contributed by atoms with Crippen LogP contribution < -0.4 is 14.8 Å². The molecule has 3 rings (SSSR count). The monoisotopic (exact) mass is 386 g/mol. The van der Waals surface area contributed by atoms with Gasteiger partial charge in [-0.15, -0.1) is 11.3 Å². The number of hydrogen-bond acceptors (Lipinski definition) is 6. The minimum atomic E-state index is -0.219. The zero-order valence-electron chi connectivity index (χ0n) is 16.0. The van der Waals surface area contributed by atoms with Gasteiger partial charge in [0.25, 0.3) is 5.91 Å². The zero-order chi connectivity index (χ0) is 19.6. The van der Waals surface area contributed by atoms with Crippen molar-refractivity contribution >= 4 is 17.2 Å². The molecule has 142 valence electrons. The third-order valence-corrected chi connectivity index (χ3v) is 5.32. The second-order valence-electron chi connectivity index (χ2n) is 6.16. The molecule has 7 heteroatoms. The van der Waals surface area contributed by atoms with E-state index in [2.05, 4.69) is 10.3 Å². The number of nitrogens with one attached hydrogen (secondary N) is 1. The standard InChI is InChI=1S/C20H22N2O4S/c1-11-9-16(24-4)17(25-5)10-14(11)12(2)21-19(23)18-13(3)27-20(22-18)15-7-6-8-26-15/h6-10,12H,1-5H3,(H,21,23). The summed E-state index contributed by atoms with van der Waals surface area (Å²) in [5.41, 5.74) is 2.38. The Morgan fingerprint density at radius 2 is 1.93 bits per heavy atom. The van der Waals surface area contributed by atoms with Crippen LogP contribution in [-0.2, 0) is 0 Å². The summed E-state index contributed by atoms with van der Waals surface area (Å²) in [6, 6.07) is 7.20. The van der Waals surface area contributed by atoms with E-state index in [0.717, 1.165) is 16.0 Å². The second-order valence-corrected chi connectivity index (χ2v) is 7.36. The van der Waals surface area contributed by atoms with Crippen molar-refractivity contribution in [3.63, 3.8) is 0 Å². The van der Waals surface area contributed by atoms with Crippen LogP contribution in [0.15, 0.2) is 34.9 Å². The van der Waals surface area contributed by atoms with Crippen molar-refractivity contribution in [1.29, 1.82) is 0 Å². The Hall–Kier alpha value is -2.80. The van der Waals surface area contributed by atoms with E-state index in [-0.39, 0.29) is 11.9 Å². The fourth-order valence-electron chi connectivity index (χ4n) is 2.92. The molecule has 0 spiro atoms. The first-order valence-corrected chi connectivity index (χ1v) is 9.31. The van der Waals surface area contributed by atoms with Crippen molar-refractivity contribution in [2.75, 3.05) is 14.2 Å². The number of carbonyl (C=O) groups is 1. The lowest BCUT2D eigenvalue weighted by atomic mass is 10.0. The van der Waals surface area contributed by atoms with Crippen molar-refractivity contribution in [3.8, 4) is 22.3 Å². The number of thiazole rings is 1. The lowest BCUT2D eigenvalue weighted by molar-refractivity contribution is 0.0935. The summed E-state index contributed by atoms with van der Waals surface area (Å²) in [7, 11) is 3.19. The van der Waals surface area contributed by atoms with E-state index < -0.39 is 0 Å². The highest BCUT2D eigenvalue weighted by Crippen LogP contribution is 2.33. The predicted molar refractivity (Wildman–Crippen MR) is 105 cm³/mol. The zero-order valence-corrected chi connectivity index (χ0v) is 16.8. The van der Waals surface area contributed by atoms with Crippen molar-refractivity contribution < 1.29 is 18.7 Å². The molecule has 27 heavy (non-hydrogen) atoms. The van der Waals surface area contributed by atoms with Crippen LogP contribution >= 0.6 is 11.3 Å². The third kappa shape index (κ3) is 3.83. The Labute approximate surface area is 162 Å². The average molecular weight is 386 g/mol. The minimum Gasteiger partial charge on any atom is -0.493 e. The third-order valence-electron chi connectivity index (χ3n) is 4.33. The summed E-state index contributed by atoms with van der Waals surface area (Å²) in [6.07, 6.45) is 1.59. The molecule has 2 aromatic heterocycles. The van der Waals surface area contributed by atoms with Crippen LogP contribution in [0, 0.1) is 13.8 Å². The number of ether oxygens (including phenoxy) is 2. The molecule has 0 radical (unpaired) electrons. The highest BCUT2D eigenvalue weighted by atomic mass is 32.1. The number of amides is 1. The first-order chi connectivity index (χ1) is 12.9. The van der Waals surface area contributed by atoms with Gasteiger partial charge in [-0.2, -0.15) is 0 Å². The van der Waals surface area contributed by atoms with E-state index in [1.807, 2.05) is 39.0 Å². The van der Waals surface area contributed by atoms with Crippen LogP contribution in [0.2, 0.25) is 0 Å². The quantitative estimate of drug-likeness (QED) is 0.674. The SMILES string of the molecule is COc1cc(C)c(C(C)NC(=O)c2nc(-c3ccco3)sc2C)cc1OC. The summed E-state index contributed by atoms with van der Waals surface area (Å²) in [5.74, 6) is 1.73. The molecular formula is C20H22N2O4S. The topological polar surface area (TPSA) is 73.6 Å². The summed E-state index contributed by atoms with van der Waals surface area (Å²) in [6.45, 7) is 5.79. The van der Waals surface area contributed by atoms with Crippen LogP contribution in [0.3, 0.4) is 0 Å². The van der Waals surface area contributed by atoms with Gasteiger partial charge in [0.15, 0.2) is 22.3 Å². The van der Waals surface area contributed by atoms with Crippen molar-refractivity contribution in [2.24, 2.45) is 0 Å². The van der Waals surface area contributed by atoms with E-state index >= 15 is 0 Å². The Balaban J connectivity index is 1.82. The highest BCUT2D eigenvalue weighted by molar-refractivity contribution is 7.15. The first kappa shape index (κ1) is 19.0. The fraction of sp³-hybridized carbons (Fsp3) is 0.300. The first-order valence-electron chi connectivity index (χ1n) is 8.49. The molecule has 0 aliphatic heterocycles. The van der Waals surface area contributed by atoms with Gasteiger partial charge in [-0.3, -0.25) is 4.79 Å². The van der Waals surface area contributed by atoms with E-state index in [1.165, 1.54) is 11.3 Å². The van der Waals surface area contributed by atoms with Crippen molar-refractivity contribution in [3.05, 3.63) is 52.2 Å². The molecule has 0 bridgehead atoms. The summed E-state index contributed by atoms with van der Waals surface area (Å²) in [5, 5.41) is 3.71. The van der Waals surface area contributed by atoms with Crippen LogP contribution in [0.25, 0.3) is 10.8 Å². The van der Waals surface area contributed by atoms with Gasteiger partial charge in [0.2, 0.25) is 0 Å². The van der Waals surface area contributed by atoms with Gasteiger partial charge in [-0.1, -0.05) is 0 Å². The average Bonchev–Trinajstić information content (AvgIpc) is 3.30. The second kappa shape index (κ2) is 7.84. The van der Waals surface area contributed by atoms with Gasteiger partial charge in [-0.25, -0.2) is 4.98 Å². The van der Waals surface area contributed by atoms with E-state index in [1.54, 1.807) is 26.5 Å². The lowest BCUT2D eigenvalue weighted by Crippen LogP contribution is -2.28. The fourth-order valence-corrected chi connectivity index (χ4v) is 3.80. The Kier molecular flexibility index (Phi) is 5.51. The molecule has 1 amide bonds. The molecule has 0 aliphatic rings. The minimum absolute atomic E-state index is 0.217. The van der Waals surface area contributed by atoms with Crippen LogP contribution in [0.5, 0.6) is 11.5 Å². The normalized spacial score (nSPS) is 11.9. The number of rotatable bonds is 6. The van der Waals surface area contributed by atoms with Gasteiger partial charge in [0, 0.05) is 4.88 Å². The van der Waals surface area contributed by atoms with E-state index in [4.69, 9.17) is 13.9 Å². The van der Waals surface area contributed by atoms with Gasteiger partial charge in [-0.05, 0) is 56.2 Å². The molecule has 2 heterocycles. The van der Waals surface area contributed by atoms with E-state index in [0.29, 0.717) is 28.0 Å². The molecule has 1 aromatic carbocycles. The maximum atomic E-state index is 12.8. The molecule has 1 atom stereocenters. The number of aromatic nitrogens is 1. The molecule has 6 nitrogen and oxygen atoms in total. The summed E-state index contributed by atoms with van der Waals surface area (Å²) >= 11 is 1.44. The van der Waals surface area contributed by atoms with Gasteiger partial charge >= 0.3 is 0 Å². The number of hydrogen-bond donors (Lipinski definition) is 1. The largest absolute Gasteiger partial charge is 0.493 e. The van der Waals surface area contributed by atoms with Crippen LogP contribution in [-0.4, -0.2) is 25.1 Å². The number of nitrogens with zero attached hydrogens (tertiary/aromatic N) is 1. The molecule has 0 aliphatic carbocycles. The number of aryl methyl sites for hydroxylation is 2. The van der Waals surface area contributed by atoms with Crippen LogP contribution in [0.4, 0.5) is 0 Å². The molecule has 3 aromatic rings. The molecule has 0 saturated heterocycles. The molecule has 0 fully saturated rings. The smallest absolute Gasteiger partial charge is 0.271 e. The molecule has 1 unspecified atom stereocenters. The van der Waals surface area contributed by atoms with Gasteiger partial charge in [0.1, 0.15) is 5.69 Å². The predicted octanol–water partition coefficient (Wildman–Crippen LogP) is 4.53. The Morgan fingerprint density at radius 3 is 2.56 bits per heavy atom. The Bertz CT molecular complexity index is 947. The van der Waals surface area contributed by atoms with Crippen molar-refractivity contribution in [2.45, 2.75) is 26.8 Å². The highest BCUT2D eigenvalue weighted by Gasteiger charge is 2.21. The van der Waals surface area contributed by atoms with E-state index in [9.17, 15) is 4.79 Å². The maximum absolute atomic E-state index is 12.8. The molecule has 1 N–H and O–H groups in total. The number of methoxy groups -OCH3 is 2. The number of furan rings is 1. The van der Waals surface area contributed by atoms with Gasteiger partial charge < -0.3 is 19.2 Å². The number of carbonyl (C=O) groups excluding carboxylic acids is 1. The summed E-state index contributed by atoms with van der Waals surface area (Å²) in [4.78, 5) is 18.1. The van der Waals surface area contributed by atoms with Crippen LogP contribution in [0.1, 0.15) is 39.5 Å². The van der Waals surface area contributed by atoms with Gasteiger partial charge in [0.05, 0.1) is 26.5 Å². The summed E-state index contributed by atoms with van der Waals surface area (Å²) < 4.78 is 16.1. The molecule has 0 saturated carbocycles. The molecular weight excluding hydrogens is 364 g/mol. The number of benzene rings is 1. The maximum Gasteiger partial charge on any atom is 0.271 e. The lowest BCUT2D eigenvalue weighted by Gasteiger charge is -2.19. The van der Waals surface area contributed by atoms with Crippen molar-refractivity contribution in [1.82, 2.24) is 10.3 Å². The Morgan fingerprint density at radius 1 is 1.22 bits per heavy atom.